The Balaban J connectivity index is 1.39. The fraction of sp³-hybridized carbons (Fsp3) is 0.217. The van der Waals surface area contributed by atoms with E-state index in [0.29, 0.717) is 10.9 Å². The minimum absolute atomic E-state index is 0.0438. The number of nitrogens with zero attached hydrogens (tertiary/aromatic N) is 4. The largest absolute Gasteiger partial charge is 0.356 e. The van der Waals surface area contributed by atoms with Crippen molar-refractivity contribution in [1.29, 1.82) is 0 Å². The monoisotopic (exact) mass is 481 g/mol. The predicted molar refractivity (Wildman–Crippen MR) is 134 cm³/mol. The highest BCUT2D eigenvalue weighted by Crippen LogP contribution is 2.34. The van der Waals surface area contributed by atoms with Crippen LogP contribution in [0.15, 0.2) is 64.3 Å². The molecule has 0 radical (unpaired) electrons. The molecule has 0 aliphatic heterocycles. The van der Waals surface area contributed by atoms with Crippen molar-refractivity contribution in [1.82, 2.24) is 15.2 Å². The zero-order valence-electron chi connectivity index (χ0n) is 17.8. The van der Waals surface area contributed by atoms with E-state index in [1.165, 1.54) is 28.2 Å². The second kappa shape index (κ2) is 10.7. The Morgan fingerprint density at radius 2 is 1.88 bits per heavy atom. The van der Waals surface area contributed by atoms with Gasteiger partial charge in [0.05, 0.1) is 11.4 Å². The van der Waals surface area contributed by atoms with Gasteiger partial charge < -0.3 is 5.32 Å². The molecule has 164 valence electrons. The maximum Gasteiger partial charge on any atom is 0.230 e. The molecule has 2 aromatic carbocycles. The number of rotatable bonds is 9. The van der Waals surface area contributed by atoms with Gasteiger partial charge in [-0.05, 0) is 23.6 Å². The van der Waals surface area contributed by atoms with Crippen molar-refractivity contribution >= 4 is 56.3 Å². The van der Waals surface area contributed by atoms with Crippen LogP contribution in [0.2, 0.25) is 0 Å². The zero-order valence-corrected chi connectivity index (χ0v) is 20.3. The quantitative estimate of drug-likeness (QED) is 0.289. The van der Waals surface area contributed by atoms with Crippen LogP contribution in [0.3, 0.4) is 0 Å². The fourth-order valence-corrected chi connectivity index (χ4v) is 5.77. The van der Waals surface area contributed by atoms with Crippen LogP contribution >= 0.6 is 34.4 Å². The van der Waals surface area contributed by atoms with Gasteiger partial charge in [0.15, 0.2) is 9.47 Å². The summed E-state index contributed by atoms with van der Waals surface area (Å²) in [4.78, 5) is 18.9. The fourth-order valence-electron chi connectivity index (χ4n) is 3.15. The zero-order chi connectivity index (χ0) is 22.3. The molecule has 4 aromatic rings. The van der Waals surface area contributed by atoms with Crippen LogP contribution < -0.4 is 10.2 Å². The molecule has 6 nitrogen and oxygen atoms in total. The Bertz CT molecular complexity index is 1180. The average Bonchev–Trinajstić information content (AvgIpc) is 3.47. The van der Waals surface area contributed by atoms with Crippen LogP contribution in [0.5, 0.6) is 0 Å². The van der Waals surface area contributed by atoms with Gasteiger partial charge in [-0.15, -0.1) is 21.5 Å². The summed E-state index contributed by atoms with van der Waals surface area (Å²) in [6, 6.07) is 18.2. The molecule has 2 aromatic heterocycles. The third kappa shape index (κ3) is 5.53. The van der Waals surface area contributed by atoms with Gasteiger partial charge >= 0.3 is 0 Å². The number of carbonyl (C=O) groups excluding carboxylic acids is 1. The van der Waals surface area contributed by atoms with Gasteiger partial charge in [-0.3, -0.25) is 9.69 Å². The Morgan fingerprint density at radius 1 is 1.09 bits per heavy atom. The average molecular weight is 482 g/mol. The van der Waals surface area contributed by atoms with E-state index >= 15 is 0 Å². The van der Waals surface area contributed by atoms with Crippen LogP contribution in [0.4, 0.5) is 16.0 Å². The number of hydrogen-bond acceptors (Lipinski definition) is 8. The van der Waals surface area contributed by atoms with Crippen molar-refractivity contribution in [2.24, 2.45) is 0 Å². The molecule has 2 heterocycles. The number of para-hydroxylation sites is 1. The molecule has 1 N–H and O–H groups in total. The summed E-state index contributed by atoms with van der Waals surface area (Å²) >= 11 is 4.61. The molecular formula is C23H23N5OS3. The van der Waals surface area contributed by atoms with E-state index in [0.717, 1.165) is 39.4 Å². The Hall–Kier alpha value is -2.75. The van der Waals surface area contributed by atoms with Crippen molar-refractivity contribution in [2.45, 2.75) is 36.9 Å². The molecule has 9 heteroatoms. The third-order valence-corrected chi connectivity index (χ3v) is 7.62. The molecule has 4 rings (SSSR count). The third-order valence-electron chi connectivity index (χ3n) is 4.70. The van der Waals surface area contributed by atoms with Gasteiger partial charge in [-0.1, -0.05) is 78.6 Å². The number of aromatic nitrogens is 3. The number of nitrogens with one attached hydrogen (secondary N) is 1. The molecule has 0 saturated carbocycles. The predicted octanol–water partition coefficient (Wildman–Crippen LogP) is 6.15. The highest BCUT2D eigenvalue weighted by Gasteiger charge is 2.20. The van der Waals surface area contributed by atoms with E-state index < -0.39 is 0 Å². The molecule has 0 fully saturated rings. The van der Waals surface area contributed by atoms with Crippen molar-refractivity contribution < 1.29 is 4.79 Å². The van der Waals surface area contributed by atoms with Crippen LogP contribution in [-0.4, -0.2) is 21.1 Å². The minimum atomic E-state index is -0.0438. The Morgan fingerprint density at radius 3 is 2.66 bits per heavy atom. The summed E-state index contributed by atoms with van der Waals surface area (Å²) in [7, 11) is 0. The number of anilines is 3. The lowest BCUT2D eigenvalue weighted by atomic mass is 10.1. The lowest BCUT2D eigenvalue weighted by Gasteiger charge is -2.20. The van der Waals surface area contributed by atoms with Gasteiger partial charge in [0.1, 0.15) is 0 Å². The molecule has 0 saturated heterocycles. The first-order chi connectivity index (χ1) is 15.6. The molecule has 0 spiro atoms. The molecule has 0 aliphatic carbocycles. The first-order valence-corrected chi connectivity index (χ1v) is 12.9. The van der Waals surface area contributed by atoms with Crippen LogP contribution in [0, 0.1) is 0 Å². The van der Waals surface area contributed by atoms with Gasteiger partial charge in [-0.25, -0.2) is 4.98 Å². The van der Waals surface area contributed by atoms with Crippen molar-refractivity contribution in [3.05, 3.63) is 76.8 Å². The van der Waals surface area contributed by atoms with Crippen LogP contribution in [0.1, 0.15) is 30.7 Å². The maximum atomic E-state index is 12.4. The summed E-state index contributed by atoms with van der Waals surface area (Å²) < 4.78 is 0.884. The van der Waals surface area contributed by atoms with Gasteiger partial charge in [0.2, 0.25) is 11.0 Å². The number of carbonyl (C=O) groups is 1. The van der Waals surface area contributed by atoms with E-state index in [2.05, 4.69) is 40.6 Å². The van der Waals surface area contributed by atoms with Crippen LogP contribution in [-0.2, 0) is 23.5 Å². The number of thiazole rings is 1. The van der Waals surface area contributed by atoms with Crippen molar-refractivity contribution in [3.8, 4) is 0 Å². The number of thioether (sulfide) groups is 1. The standard InChI is InChI=1S/C23H23N5OS3/c1-3-18-11-7-8-12-20(18)28(16(2)29)22-25-19(14-30-22)15-31-23-27-26-21(32-23)24-13-17-9-5-4-6-10-17/h4-12,14H,3,13,15H2,1-2H3,(H,24,26). The van der Waals surface area contributed by atoms with Crippen molar-refractivity contribution in [2.75, 3.05) is 10.2 Å². The van der Waals surface area contributed by atoms with Crippen molar-refractivity contribution in [3.63, 3.8) is 0 Å². The first kappa shape index (κ1) is 22.4. The molecule has 0 atom stereocenters. The molecule has 0 unspecified atom stereocenters. The van der Waals surface area contributed by atoms with E-state index in [1.54, 1.807) is 23.6 Å². The Kier molecular flexibility index (Phi) is 7.51. The SMILES string of the molecule is CCc1ccccc1N(C(C)=O)c1nc(CSc2nnc(NCc3ccccc3)s2)cs1. The summed E-state index contributed by atoms with van der Waals surface area (Å²) in [5, 5.41) is 15.3. The van der Waals surface area contributed by atoms with E-state index in [-0.39, 0.29) is 5.91 Å². The van der Waals surface area contributed by atoms with Gasteiger partial charge in [-0.2, -0.15) is 0 Å². The minimum Gasteiger partial charge on any atom is -0.356 e. The first-order valence-electron chi connectivity index (χ1n) is 10.2. The number of aryl methyl sites for hydroxylation is 1. The van der Waals surface area contributed by atoms with E-state index in [4.69, 9.17) is 4.98 Å². The second-order valence-corrected chi connectivity index (χ2v) is 10.00. The molecule has 0 aliphatic rings. The summed E-state index contributed by atoms with van der Waals surface area (Å²) in [5.41, 5.74) is 4.14. The molecular weight excluding hydrogens is 458 g/mol. The summed E-state index contributed by atoms with van der Waals surface area (Å²) in [6.07, 6.45) is 0.853. The molecule has 0 bridgehead atoms. The number of benzene rings is 2. The highest BCUT2D eigenvalue weighted by molar-refractivity contribution is 8.00. The lowest BCUT2D eigenvalue weighted by Crippen LogP contribution is -2.23. The normalized spacial score (nSPS) is 10.8. The summed E-state index contributed by atoms with van der Waals surface area (Å²) in [5.74, 6) is 0.628. The highest BCUT2D eigenvalue weighted by atomic mass is 32.2. The van der Waals surface area contributed by atoms with Gasteiger partial charge in [0.25, 0.3) is 0 Å². The molecule has 32 heavy (non-hydrogen) atoms. The van der Waals surface area contributed by atoms with Crippen LogP contribution in [0.25, 0.3) is 0 Å². The second-order valence-electron chi connectivity index (χ2n) is 6.96. The lowest BCUT2D eigenvalue weighted by molar-refractivity contribution is -0.115. The van der Waals surface area contributed by atoms with Gasteiger partial charge in [0, 0.05) is 24.6 Å². The van der Waals surface area contributed by atoms with E-state index in [1.807, 2.05) is 41.8 Å². The Labute approximate surface area is 199 Å². The number of hydrogen-bond donors (Lipinski definition) is 1. The van der Waals surface area contributed by atoms with E-state index in [9.17, 15) is 4.79 Å². The summed E-state index contributed by atoms with van der Waals surface area (Å²) in [6.45, 7) is 4.38. The number of amides is 1. The maximum absolute atomic E-state index is 12.4. The smallest absolute Gasteiger partial charge is 0.230 e. The molecule has 1 amide bonds. The topological polar surface area (TPSA) is 71.0 Å².